The Morgan fingerprint density at radius 3 is 1.44 bits per heavy atom. The smallest absolute Gasteiger partial charge is 0.311 e. The van der Waals surface area contributed by atoms with Crippen molar-refractivity contribution < 1.29 is 48.0 Å². The number of aliphatic hydroxyl groups is 1. The van der Waals surface area contributed by atoms with Crippen molar-refractivity contribution in [3.8, 4) is 0 Å². The van der Waals surface area contributed by atoms with Crippen LogP contribution in [0.15, 0.2) is 0 Å². The van der Waals surface area contributed by atoms with Gasteiger partial charge in [0.25, 0.3) is 0 Å². The summed E-state index contributed by atoms with van der Waals surface area (Å²) in [6.07, 6.45) is -6.99. The summed E-state index contributed by atoms with van der Waals surface area (Å²) in [5, 5.41) is 10.7. The Bertz CT molecular complexity index is 820. The lowest BCUT2D eigenvalue weighted by molar-refractivity contribution is -0.194. The summed E-state index contributed by atoms with van der Waals surface area (Å²) in [6.45, 7) is 19.3. The molecule has 0 saturated carbocycles. The minimum atomic E-state index is -1.69. The van der Waals surface area contributed by atoms with E-state index in [9.17, 15) is 24.3 Å². The molecule has 0 aromatic carbocycles. The minimum absolute atomic E-state index is 0.432. The quantitative estimate of drug-likeness (QED) is 0.414. The molecule has 208 valence electrons. The first kappa shape index (κ1) is 31.8. The first-order valence-corrected chi connectivity index (χ1v) is 12.1. The third kappa shape index (κ3) is 8.73. The number of aliphatic hydroxyl groups excluding tert-OH is 1. The molecule has 1 N–H and O–H groups in total. The summed E-state index contributed by atoms with van der Waals surface area (Å²) in [5.74, 6) is -2.50. The summed E-state index contributed by atoms with van der Waals surface area (Å²) >= 11 is 0. The molecular weight excluding hydrogens is 472 g/mol. The number of ether oxygens (including phenoxy) is 5. The number of rotatable bonds is 6. The van der Waals surface area contributed by atoms with Crippen LogP contribution in [0, 0.1) is 21.7 Å². The molecule has 10 nitrogen and oxygen atoms in total. The largest absolute Gasteiger partial charge is 0.461 e. The number of carbonyl (C=O) groups is 4. The first-order chi connectivity index (χ1) is 16.0. The normalized spacial score (nSPS) is 24.0. The van der Waals surface area contributed by atoms with E-state index in [0.717, 1.165) is 0 Å². The number of carbonyl (C=O) groups excluding carboxylic acids is 4. The molecule has 10 heteroatoms. The fourth-order valence-electron chi connectivity index (χ4n) is 2.71. The Morgan fingerprint density at radius 1 is 0.667 bits per heavy atom. The molecule has 1 aliphatic heterocycles. The van der Waals surface area contributed by atoms with Crippen molar-refractivity contribution in [2.24, 2.45) is 21.7 Å². The van der Waals surface area contributed by atoms with Crippen molar-refractivity contribution in [2.75, 3.05) is 6.61 Å². The van der Waals surface area contributed by atoms with E-state index in [1.807, 2.05) is 0 Å². The summed E-state index contributed by atoms with van der Waals surface area (Å²) < 4.78 is 27.9. The van der Waals surface area contributed by atoms with Gasteiger partial charge >= 0.3 is 23.9 Å². The first-order valence-electron chi connectivity index (χ1n) is 12.1. The highest BCUT2D eigenvalue weighted by Crippen LogP contribution is 2.34. The molecule has 0 radical (unpaired) electrons. The molecule has 1 rings (SSSR count). The average Bonchev–Trinajstić information content (AvgIpc) is 2.97. The fourth-order valence-corrected chi connectivity index (χ4v) is 2.71. The molecule has 1 heterocycles. The molecular formula is C26H44O10. The average molecular weight is 517 g/mol. The lowest BCUT2D eigenvalue weighted by Gasteiger charge is -2.32. The molecule has 1 fully saturated rings. The molecule has 0 amide bonds. The van der Waals surface area contributed by atoms with Crippen molar-refractivity contribution in [2.45, 2.75) is 114 Å². The van der Waals surface area contributed by atoms with Crippen LogP contribution in [-0.4, -0.2) is 66.3 Å². The van der Waals surface area contributed by atoms with E-state index in [-0.39, 0.29) is 0 Å². The molecule has 1 unspecified atom stereocenters. The van der Waals surface area contributed by atoms with Gasteiger partial charge < -0.3 is 28.8 Å². The van der Waals surface area contributed by atoms with E-state index in [1.165, 1.54) is 0 Å². The van der Waals surface area contributed by atoms with Gasteiger partial charge in [0.1, 0.15) is 12.7 Å². The molecule has 0 aromatic rings. The van der Waals surface area contributed by atoms with Crippen LogP contribution in [0.4, 0.5) is 0 Å². The SMILES string of the molecule is CC(C)(C)C(=O)OC[C@@H](OC(=O)C(C)(C)C)[C@@H]1OC(O)[C@H](OC(=O)C(C)(C)C)[C@H]1OC(=O)C(C)(C)C. The zero-order valence-electron chi connectivity index (χ0n) is 23.7. The van der Waals surface area contributed by atoms with Gasteiger partial charge in [-0.2, -0.15) is 0 Å². The van der Waals surface area contributed by atoms with Gasteiger partial charge in [-0.15, -0.1) is 0 Å². The van der Waals surface area contributed by atoms with Gasteiger partial charge in [0.15, 0.2) is 24.6 Å². The van der Waals surface area contributed by atoms with E-state index in [2.05, 4.69) is 0 Å². The second kappa shape index (κ2) is 11.0. The third-order valence-corrected chi connectivity index (χ3v) is 5.16. The highest BCUT2D eigenvalue weighted by Gasteiger charge is 2.55. The van der Waals surface area contributed by atoms with E-state index >= 15 is 0 Å². The highest BCUT2D eigenvalue weighted by molar-refractivity contribution is 5.77. The summed E-state index contributed by atoms with van der Waals surface area (Å²) in [5.41, 5.74) is -3.61. The maximum Gasteiger partial charge on any atom is 0.311 e. The number of hydrogen-bond donors (Lipinski definition) is 1. The van der Waals surface area contributed by atoms with Crippen LogP contribution in [0.2, 0.25) is 0 Å². The third-order valence-electron chi connectivity index (χ3n) is 5.16. The van der Waals surface area contributed by atoms with Crippen LogP contribution in [0.25, 0.3) is 0 Å². The van der Waals surface area contributed by atoms with E-state index in [4.69, 9.17) is 23.7 Å². The van der Waals surface area contributed by atoms with Gasteiger partial charge in [-0.3, -0.25) is 19.2 Å². The fraction of sp³-hybridized carbons (Fsp3) is 0.846. The molecule has 0 bridgehead atoms. The Morgan fingerprint density at radius 2 is 1.06 bits per heavy atom. The van der Waals surface area contributed by atoms with Crippen LogP contribution >= 0.6 is 0 Å². The minimum Gasteiger partial charge on any atom is -0.461 e. The van der Waals surface area contributed by atoms with Crippen LogP contribution in [0.5, 0.6) is 0 Å². The molecule has 0 spiro atoms. The molecule has 5 atom stereocenters. The van der Waals surface area contributed by atoms with E-state index in [0.29, 0.717) is 0 Å². The van der Waals surface area contributed by atoms with Crippen LogP contribution in [0.1, 0.15) is 83.1 Å². The summed E-state index contributed by atoms with van der Waals surface area (Å²) in [4.78, 5) is 50.6. The van der Waals surface area contributed by atoms with Crippen molar-refractivity contribution in [3.63, 3.8) is 0 Å². The Hall–Kier alpha value is -2.20. The monoisotopic (exact) mass is 516 g/mol. The molecule has 36 heavy (non-hydrogen) atoms. The maximum atomic E-state index is 12.8. The number of esters is 4. The topological polar surface area (TPSA) is 135 Å². The summed E-state index contributed by atoms with van der Waals surface area (Å²) in [6, 6.07) is 0. The standard InChI is InChI=1S/C26H44O10/c1-23(2,3)19(28)32-13-14(33-20(29)24(4,5)6)15-16(35-21(30)25(7,8)9)17(18(27)34-15)36-22(31)26(10,11)12/h14-18,27H,13H2,1-12H3/t14-,15+,16+,17-,18?/m1/s1. The summed E-state index contributed by atoms with van der Waals surface area (Å²) in [7, 11) is 0. The molecule has 1 aliphatic rings. The van der Waals surface area contributed by atoms with Crippen LogP contribution in [-0.2, 0) is 42.9 Å². The van der Waals surface area contributed by atoms with Gasteiger partial charge in [-0.05, 0) is 83.1 Å². The van der Waals surface area contributed by atoms with Gasteiger partial charge in [-0.1, -0.05) is 0 Å². The van der Waals surface area contributed by atoms with Crippen molar-refractivity contribution >= 4 is 23.9 Å². The maximum absolute atomic E-state index is 12.8. The van der Waals surface area contributed by atoms with Gasteiger partial charge in [0.2, 0.25) is 0 Å². The van der Waals surface area contributed by atoms with Crippen LogP contribution in [0.3, 0.4) is 0 Å². The molecule has 0 aliphatic carbocycles. The lowest BCUT2D eigenvalue weighted by atomic mass is 9.95. The Labute approximate surface area is 214 Å². The second-order valence-electron chi connectivity index (χ2n) is 13.3. The van der Waals surface area contributed by atoms with Crippen molar-refractivity contribution in [1.82, 2.24) is 0 Å². The van der Waals surface area contributed by atoms with Crippen molar-refractivity contribution in [1.29, 1.82) is 0 Å². The molecule has 0 aromatic heterocycles. The van der Waals surface area contributed by atoms with Gasteiger partial charge in [-0.25, -0.2) is 0 Å². The predicted octanol–water partition coefficient (Wildman–Crippen LogP) is 3.17. The van der Waals surface area contributed by atoms with Crippen molar-refractivity contribution in [3.05, 3.63) is 0 Å². The predicted molar refractivity (Wildman–Crippen MR) is 129 cm³/mol. The van der Waals surface area contributed by atoms with Gasteiger partial charge in [0.05, 0.1) is 21.7 Å². The van der Waals surface area contributed by atoms with E-state index in [1.54, 1.807) is 83.1 Å². The van der Waals surface area contributed by atoms with Gasteiger partial charge in [0, 0.05) is 0 Å². The highest BCUT2D eigenvalue weighted by atomic mass is 16.7. The number of hydrogen-bond acceptors (Lipinski definition) is 10. The zero-order chi connectivity index (χ0) is 28.4. The Balaban J connectivity index is 3.42. The van der Waals surface area contributed by atoms with Crippen LogP contribution < -0.4 is 0 Å². The molecule has 1 saturated heterocycles. The zero-order valence-corrected chi connectivity index (χ0v) is 23.7. The Kier molecular flexibility index (Phi) is 9.77. The van der Waals surface area contributed by atoms with E-state index < -0.39 is 82.8 Å². The lowest BCUT2D eigenvalue weighted by Crippen LogP contribution is -2.49. The second-order valence-corrected chi connectivity index (χ2v) is 13.3.